The highest BCUT2D eigenvalue weighted by atomic mass is 35.5. The summed E-state index contributed by atoms with van der Waals surface area (Å²) in [5, 5.41) is 5.44. The second-order valence-electron chi connectivity index (χ2n) is 7.76. The van der Waals surface area contributed by atoms with Gasteiger partial charge in [-0.3, -0.25) is 0 Å². The molecule has 1 aliphatic rings. The van der Waals surface area contributed by atoms with Gasteiger partial charge in [0.15, 0.2) is 5.65 Å². The van der Waals surface area contributed by atoms with Crippen LogP contribution in [0, 0.1) is 5.92 Å². The van der Waals surface area contributed by atoms with Crippen molar-refractivity contribution in [2.75, 3.05) is 7.11 Å². The maximum Gasteiger partial charge on any atom is 0.163 e. The summed E-state index contributed by atoms with van der Waals surface area (Å²) in [5.74, 6) is 1.49. The first kappa shape index (κ1) is 18.2. The molecule has 0 spiro atoms. The van der Waals surface area contributed by atoms with Gasteiger partial charge < -0.3 is 4.74 Å². The lowest BCUT2D eigenvalue weighted by Crippen LogP contribution is -2.18. The standard InChI is InChI=1S/C24H22ClN3O/c1-15-3-12-22-20(13-15)23(17-6-10-19(29-2)11-7-17)27-24-21(14-26-28(22)24)16-4-8-18(25)9-5-16/h4-11,14-15H,3,12-13H2,1-2H3/t15-/m0/s1. The fraction of sp³-hybridized carbons (Fsp3) is 0.250. The average Bonchev–Trinajstić information content (AvgIpc) is 3.17. The molecule has 5 rings (SSSR count). The van der Waals surface area contributed by atoms with E-state index in [0.717, 1.165) is 51.6 Å². The Hall–Kier alpha value is -2.85. The first-order valence-corrected chi connectivity index (χ1v) is 10.3. The number of aromatic nitrogens is 3. The molecule has 1 atom stereocenters. The molecule has 0 bridgehead atoms. The largest absolute Gasteiger partial charge is 0.497 e. The smallest absolute Gasteiger partial charge is 0.163 e. The molecule has 0 aliphatic heterocycles. The van der Waals surface area contributed by atoms with E-state index < -0.39 is 0 Å². The van der Waals surface area contributed by atoms with Gasteiger partial charge in [-0.2, -0.15) is 5.10 Å². The molecule has 0 amide bonds. The number of halogens is 1. The highest BCUT2D eigenvalue weighted by Gasteiger charge is 2.25. The molecule has 0 unspecified atom stereocenters. The molecule has 0 saturated heterocycles. The zero-order chi connectivity index (χ0) is 20.0. The van der Waals surface area contributed by atoms with Crippen LogP contribution in [0.1, 0.15) is 24.6 Å². The molecule has 0 N–H and O–H groups in total. The zero-order valence-corrected chi connectivity index (χ0v) is 17.3. The first-order valence-electron chi connectivity index (χ1n) is 9.94. The van der Waals surface area contributed by atoms with Crippen molar-refractivity contribution in [3.05, 3.63) is 71.0 Å². The van der Waals surface area contributed by atoms with Crippen molar-refractivity contribution in [1.82, 2.24) is 14.6 Å². The quantitative estimate of drug-likeness (QED) is 0.430. The van der Waals surface area contributed by atoms with Crippen molar-refractivity contribution >= 4 is 17.2 Å². The topological polar surface area (TPSA) is 39.4 Å². The van der Waals surface area contributed by atoms with Crippen LogP contribution in [0.5, 0.6) is 5.75 Å². The lowest BCUT2D eigenvalue weighted by Gasteiger charge is -2.24. The molecule has 2 aromatic carbocycles. The van der Waals surface area contributed by atoms with Crippen molar-refractivity contribution in [3.8, 4) is 28.1 Å². The number of benzene rings is 2. The molecule has 0 saturated carbocycles. The molecule has 4 nitrogen and oxygen atoms in total. The second kappa shape index (κ2) is 7.20. The summed E-state index contributed by atoms with van der Waals surface area (Å²) in [7, 11) is 1.69. The van der Waals surface area contributed by atoms with Gasteiger partial charge in [0.05, 0.1) is 19.0 Å². The van der Waals surface area contributed by atoms with Gasteiger partial charge in [-0.25, -0.2) is 9.50 Å². The van der Waals surface area contributed by atoms with Crippen LogP contribution in [0.2, 0.25) is 5.02 Å². The molecule has 5 heteroatoms. The van der Waals surface area contributed by atoms with Crippen molar-refractivity contribution in [2.24, 2.45) is 5.92 Å². The van der Waals surface area contributed by atoms with E-state index in [-0.39, 0.29) is 0 Å². The van der Waals surface area contributed by atoms with Crippen LogP contribution < -0.4 is 4.74 Å². The van der Waals surface area contributed by atoms with E-state index in [9.17, 15) is 0 Å². The maximum absolute atomic E-state index is 6.08. The fourth-order valence-corrected chi connectivity index (χ4v) is 4.34. The summed E-state index contributed by atoms with van der Waals surface area (Å²) in [6, 6.07) is 16.0. The van der Waals surface area contributed by atoms with E-state index in [1.807, 2.05) is 47.1 Å². The van der Waals surface area contributed by atoms with Crippen LogP contribution in [0.4, 0.5) is 0 Å². The molecular formula is C24H22ClN3O. The minimum atomic E-state index is 0.644. The summed E-state index contributed by atoms with van der Waals surface area (Å²) in [4.78, 5) is 5.13. The number of ether oxygens (including phenoxy) is 1. The number of hydrogen-bond acceptors (Lipinski definition) is 3. The predicted molar refractivity (Wildman–Crippen MR) is 117 cm³/mol. The highest BCUT2D eigenvalue weighted by Crippen LogP contribution is 2.36. The molecule has 2 heterocycles. The Morgan fingerprint density at radius 2 is 1.76 bits per heavy atom. The van der Waals surface area contributed by atoms with Crippen LogP contribution in [0.15, 0.2) is 54.7 Å². The van der Waals surface area contributed by atoms with Crippen molar-refractivity contribution < 1.29 is 4.74 Å². The van der Waals surface area contributed by atoms with E-state index in [1.54, 1.807) is 7.11 Å². The van der Waals surface area contributed by atoms with Gasteiger partial charge in [-0.15, -0.1) is 0 Å². The Bertz CT molecular complexity index is 1180. The van der Waals surface area contributed by atoms with Crippen molar-refractivity contribution in [1.29, 1.82) is 0 Å². The first-order chi connectivity index (χ1) is 14.1. The summed E-state index contributed by atoms with van der Waals surface area (Å²) < 4.78 is 7.37. The fourth-order valence-electron chi connectivity index (χ4n) is 4.21. The Morgan fingerprint density at radius 3 is 2.48 bits per heavy atom. The van der Waals surface area contributed by atoms with E-state index in [2.05, 4.69) is 19.1 Å². The van der Waals surface area contributed by atoms with Crippen LogP contribution >= 0.6 is 11.6 Å². The van der Waals surface area contributed by atoms with Crippen molar-refractivity contribution in [2.45, 2.75) is 26.2 Å². The molecule has 2 aromatic heterocycles. The van der Waals surface area contributed by atoms with E-state index in [1.165, 1.54) is 17.7 Å². The molecule has 1 aliphatic carbocycles. The van der Waals surface area contributed by atoms with Crippen LogP contribution in [-0.4, -0.2) is 21.7 Å². The predicted octanol–water partition coefficient (Wildman–Crippen LogP) is 5.85. The highest BCUT2D eigenvalue weighted by molar-refractivity contribution is 6.30. The van der Waals surface area contributed by atoms with Gasteiger partial charge in [0.2, 0.25) is 0 Å². The van der Waals surface area contributed by atoms with E-state index in [4.69, 9.17) is 26.4 Å². The third-order valence-corrected chi connectivity index (χ3v) is 6.05. The van der Waals surface area contributed by atoms with Gasteiger partial charge in [0, 0.05) is 27.4 Å². The number of fused-ring (bicyclic) bond motifs is 3. The van der Waals surface area contributed by atoms with Gasteiger partial charge in [0.25, 0.3) is 0 Å². The Labute approximate surface area is 175 Å². The molecular weight excluding hydrogens is 382 g/mol. The van der Waals surface area contributed by atoms with Crippen LogP contribution in [-0.2, 0) is 12.8 Å². The molecule has 0 fully saturated rings. The minimum absolute atomic E-state index is 0.644. The average molecular weight is 404 g/mol. The minimum Gasteiger partial charge on any atom is -0.497 e. The lowest BCUT2D eigenvalue weighted by molar-refractivity contribution is 0.415. The summed E-state index contributed by atoms with van der Waals surface area (Å²) >= 11 is 6.08. The lowest BCUT2D eigenvalue weighted by atomic mass is 9.85. The van der Waals surface area contributed by atoms with Crippen molar-refractivity contribution in [3.63, 3.8) is 0 Å². The van der Waals surface area contributed by atoms with Gasteiger partial charge in [-0.1, -0.05) is 30.7 Å². The SMILES string of the molecule is COc1ccc(-c2nc3c(-c4ccc(Cl)cc4)cnn3c3c2C[C@@H](C)CC3)cc1. The van der Waals surface area contributed by atoms with Gasteiger partial charge in [-0.05, 0) is 67.1 Å². The summed E-state index contributed by atoms with van der Waals surface area (Å²) in [6.45, 7) is 2.31. The van der Waals surface area contributed by atoms with Crippen LogP contribution in [0.25, 0.3) is 28.0 Å². The monoisotopic (exact) mass is 403 g/mol. The number of aryl methyl sites for hydroxylation is 1. The third-order valence-electron chi connectivity index (χ3n) is 5.80. The molecule has 29 heavy (non-hydrogen) atoms. The maximum atomic E-state index is 6.08. The summed E-state index contributed by atoms with van der Waals surface area (Å²) in [5.41, 5.74) is 7.75. The Balaban J connectivity index is 1.75. The molecule has 0 radical (unpaired) electrons. The van der Waals surface area contributed by atoms with Gasteiger partial charge in [0.1, 0.15) is 5.75 Å². The Kier molecular flexibility index (Phi) is 4.51. The number of rotatable bonds is 3. The number of methoxy groups -OCH3 is 1. The third kappa shape index (κ3) is 3.18. The zero-order valence-electron chi connectivity index (χ0n) is 16.5. The van der Waals surface area contributed by atoms with Gasteiger partial charge >= 0.3 is 0 Å². The molecule has 4 aromatic rings. The number of hydrogen-bond donors (Lipinski definition) is 0. The number of nitrogens with zero attached hydrogens (tertiary/aromatic N) is 3. The summed E-state index contributed by atoms with van der Waals surface area (Å²) in [6.07, 6.45) is 5.13. The normalized spacial score (nSPS) is 16.0. The Morgan fingerprint density at radius 1 is 1.03 bits per heavy atom. The van der Waals surface area contributed by atoms with E-state index >= 15 is 0 Å². The van der Waals surface area contributed by atoms with Crippen LogP contribution in [0.3, 0.4) is 0 Å². The molecule has 146 valence electrons. The van der Waals surface area contributed by atoms with E-state index in [0.29, 0.717) is 5.92 Å². The second-order valence-corrected chi connectivity index (χ2v) is 8.20.